The van der Waals surface area contributed by atoms with Gasteiger partial charge in [0.1, 0.15) is 5.60 Å². The average Bonchev–Trinajstić information content (AvgIpc) is 2.65. The van der Waals surface area contributed by atoms with E-state index in [1.807, 2.05) is 39.5 Å². The lowest BCUT2D eigenvalue weighted by Crippen LogP contribution is -2.44. The summed E-state index contributed by atoms with van der Waals surface area (Å²) in [6, 6.07) is 0. The number of nitrogens with one attached hydrogen (secondary N) is 1. The molecular formula is C15H29N3O3. The minimum Gasteiger partial charge on any atom is -0.444 e. The molecule has 1 unspecified atom stereocenters. The molecule has 2 amide bonds. The normalized spacial score (nSPS) is 19.8. The van der Waals surface area contributed by atoms with Crippen molar-refractivity contribution in [3.05, 3.63) is 0 Å². The number of ether oxygens (including phenoxy) is 1. The summed E-state index contributed by atoms with van der Waals surface area (Å²) >= 11 is 0. The van der Waals surface area contributed by atoms with Gasteiger partial charge in [-0.25, -0.2) is 4.79 Å². The fourth-order valence-electron chi connectivity index (χ4n) is 2.36. The second kappa shape index (κ2) is 6.64. The molecule has 1 saturated heterocycles. The van der Waals surface area contributed by atoms with E-state index >= 15 is 0 Å². The Labute approximate surface area is 127 Å². The highest BCUT2D eigenvalue weighted by atomic mass is 16.6. The fraction of sp³-hybridized carbons (Fsp3) is 0.867. The molecule has 6 nitrogen and oxygen atoms in total. The van der Waals surface area contributed by atoms with E-state index in [2.05, 4.69) is 5.32 Å². The molecule has 0 aromatic carbocycles. The second-order valence-electron chi connectivity index (χ2n) is 7.60. The average molecular weight is 299 g/mol. The summed E-state index contributed by atoms with van der Waals surface area (Å²) in [4.78, 5) is 25.4. The maximum absolute atomic E-state index is 11.9. The first-order chi connectivity index (χ1) is 9.52. The minimum absolute atomic E-state index is 0.149. The standard InChI is InChI=1S/C15H29N3O3/c1-14(2,3)21-13(20)17-9-15(4,5)10-18-8-11(7-16)6-12(18)19/h11H,6-10,16H2,1-5H3,(H,17,20). The third-order valence-corrected chi connectivity index (χ3v) is 3.36. The third-order valence-electron chi connectivity index (χ3n) is 3.36. The van der Waals surface area contributed by atoms with Gasteiger partial charge in [0.25, 0.3) is 0 Å². The number of hydrogen-bond donors (Lipinski definition) is 2. The summed E-state index contributed by atoms with van der Waals surface area (Å²) in [5, 5.41) is 2.77. The minimum atomic E-state index is -0.506. The molecule has 0 aliphatic carbocycles. The number of carbonyl (C=O) groups excluding carboxylic acids is 2. The lowest BCUT2D eigenvalue weighted by atomic mass is 9.93. The molecule has 1 fully saturated rings. The van der Waals surface area contributed by atoms with Crippen LogP contribution in [0.2, 0.25) is 0 Å². The molecule has 0 spiro atoms. The van der Waals surface area contributed by atoms with Crippen LogP contribution in [0.15, 0.2) is 0 Å². The number of alkyl carbamates (subject to hydrolysis) is 1. The molecule has 0 saturated carbocycles. The number of carbonyl (C=O) groups is 2. The molecule has 1 aliphatic heterocycles. The van der Waals surface area contributed by atoms with Crippen molar-refractivity contribution in [1.82, 2.24) is 10.2 Å². The molecule has 1 heterocycles. The monoisotopic (exact) mass is 299 g/mol. The van der Waals surface area contributed by atoms with Crippen molar-refractivity contribution >= 4 is 12.0 Å². The van der Waals surface area contributed by atoms with Crippen LogP contribution in [0.3, 0.4) is 0 Å². The van der Waals surface area contributed by atoms with Crippen molar-refractivity contribution in [3.63, 3.8) is 0 Å². The van der Waals surface area contributed by atoms with Crippen LogP contribution in [0.1, 0.15) is 41.0 Å². The van der Waals surface area contributed by atoms with Gasteiger partial charge in [-0.2, -0.15) is 0 Å². The van der Waals surface area contributed by atoms with Gasteiger partial charge >= 0.3 is 6.09 Å². The van der Waals surface area contributed by atoms with Crippen LogP contribution in [0.4, 0.5) is 4.79 Å². The van der Waals surface area contributed by atoms with Gasteiger partial charge in [0.05, 0.1) is 0 Å². The smallest absolute Gasteiger partial charge is 0.407 e. The summed E-state index contributed by atoms with van der Waals surface area (Å²) in [5.74, 6) is 0.405. The first-order valence-electron chi connectivity index (χ1n) is 7.47. The molecule has 1 rings (SSSR count). The number of rotatable bonds is 5. The van der Waals surface area contributed by atoms with E-state index in [0.29, 0.717) is 32.6 Å². The lowest BCUT2D eigenvalue weighted by Gasteiger charge is -2.31. The summed E-state index contributed by atoms with van der Waals surface area (Å²) in [7, 11) is 0. The van der Waals surface area contributed by atoms with Gasteiger partial charge in [0, 0.05) is 26.1 Å². The van der Waals surface area contributed by atoms with E-state index in [4.69, 9.17) is 10.5 Å². The Morgan fingerprint density at radius 3 is 2.48 bits per heavy atom. The second-order valence-corrected chi connectivity index (χ2v) is 7.60. The summed E-state index contributed by atoms with van der Waals surface area (Å²) in [6.07, 6.45) is 0.106. The molecule has 21 heavy (non-hydrogen) atoms. The van der Waals surface area contributed by atoms with Crippen molar-refractivity contribution in [2.75, 3.05) is 26.2 Å². The highest BCUT2D eigenvalue weighted by molar-refractivity contribution is 5.78. The number of amides is 2. The Hall–Kier alpha value is -1.30. The number of hydrogen-bond acceptors (Lipinski definition) is 4. The predicted molar refractivity (Wildman–Crippen MR) is 81.8 cm³/mol. The van der Waals surface area contributed by atoms with Crippen molar-refractivity contribution in [3.8, 4) is 0 Å². The van der Waals surface area contributed by atoms with Crippen molar-refractivity contribution in [2.24, 2.45) is 17.1 Å². The zero-order valence-corrected chi connectivity index (χ0v) is 13.9. The lowest BCUT2D eigenvalue weighted by molar-refractivity contribution is -0.128. The Balaban J connectivity index is 2.43. The van der Waals surface area contributed by atoms with Crippen LogP contribution in [-0.4, -0.2) is 48.7 Å². The molecule has 122 valence electrons. The zero-order chi connectivity index (χ0) is 16.3. The SMILES string of the molecule is CC(C)(CNC(=O)OC(C)(C)C)CN1CC(CN)CC1=O. The summed E-state index contributed by atoms with van der Waals surface area (Å²) < 4.78 is 5.21. The van der Waals surface area contributed by atoms with E-state index in [9.17, 15) is 9.59 Å². The maximum Gasteiger partial charge on any atom is 0.407 e. The fourth-order valence-corrected chi connectivity index (χ4v) is 2.36. The van der Waals surface area contributed by atoms with Gasteiger partial charge in [-0.3, -0.25) is 4.79 Å². The van der Waals surface area contributed by atoms with Crippen LogP contribution in [-0.2, 0) is 9.53 Å². The molecule has 0 aromatic heterocycles. The van der Waals surface area contributed by atoms with Crippen LogP contribution in [0, 0.1) is 11.3 Å². The van der Waals surface area contributed by atoms with E-state index < -0.39 is 11.7 Å². The highest BCUT2D eigenvalue weighted by Gasteiger charge is 2.33. The molecule has 0 bridgehead atoms. The molecule has 1 aliphatic rings. The van der Waals surface area contributed by atoms with E-state index in [1.165, 1.54) is 0 Å². The van der Waals surface area contributed by atoms with Gasteiger partial charge < -0.3 is 20.7 Å². The van der Waals surface area contributed by atoms with E-state index in [1.54, 1.807) is 0 Å². The zero-order valence-electron chi connectivity index (χ0n) is 13.9. The van der Waals surface area contributed by atoms with Gasteiger partial charge in [-0.1, -0.05) is 13.8 Å². The number of nitrogens with two attached hydrogens (primary N) is 1. The first kappa shape index (κ1) is 17.8. The van der Waals surface area contributed by atoms with Crippen molar-refractivity contribution in [1.29, 1.82) is 0 Å². The first-order valence-corrected chi connectivity index (χ1v) is 7.47. The van der Waals surface area contributed by atoms with E-state index in [0.717, 1.165) is 0 Å². The third kappa shape index (κ3) is 6.33. The van der Waals surface area contributed by atoms with Gasteiger partial charge in [0.15, 0.2) is 0 Å². The maximum atomic E-state index is 11.9. The molecule has 0 aromatic rings. The van der Waals surface area contributed by atoms with Crippen LogP contribution >= 0.6 is 0 Å². The molecule has 3 N–H and O–H groups in total. The van der Waals surface area contributed by atoms with Crippen LogP contribution < -0.4 is 11.1 Å². The largest absolute Gasteiger partial charge is 0.444 e. The van der Waals surface area contributed by atoms with Crippen LogP contribution in [0.5, 0.6) is 0 Å². The Kier molecular flexibility index (Phi) is 5.61. The number of nitrogens with zero attached hydrogens (tertiary/aromatic N) is 1. The van der Waals surface area contributed by atoms with E-state index in [-0.39, 0.29) is 17.2 Å². The quantitative estimate of drug-likeness (QED) is 0.802. The summed E-state index contributed by atoms with van der Waals surface area (Å²) in [5.41, 5.74) is 4.91. The predicted octanol–water partition coefficient (Wildman–Crippen LogP) is 1.34. The molecule has 0 radical (unpaired) electrons. The van der Waals surface area contributed by atoms with Crippen molar-refractivity contribution in [2.45, 2.75) is 46.6 Å². The van der Waals surface area contributed by atoms with Gasteiger partial charge in [-0.15, -0.1) is 0 Å². The van der Waals surface area contributed by atoms with Gasteiger partial charge in [-0.05, 0) is 38.6 Å². The molecular weight excluding hydrogens is 270 g/mol. The molecule has 1 atom stereocenters. The topological polar surface area (TPSA) is 84.7 Å². The van der Waals surface area contributed by atoms with Gasteiger partial charge in [0.2, 0.25) is 5.91 Å². The number of likely N-dealkylation sites (tertiary alicyclic amines) is 1. The van der Waals surface area contributed by atoms with Crippen molar-refractivity contribution < 1.29 is 14.3 Å². The Morgan fingerprint density at radius 2 is 2.00 bits per heavy atom. The Bertz CT molecular complexity index is 388. The highest BCUT2D eigenvalue weighted by Crippen LogP contribution is 2.23. The van der Waals surface area contributed by atoms with Crippen LogP contribution in [0.25, 0.3) is 0 Å². The Morgan fingerprint density at radius 1 is 1.38 bits per heavy atom. The molecule has 6 heteroatoms. The summed E-state index contributed by atoms with van der Waals surface area (Å²) in [6.45, 7) is 11.8.